The molecule has 0 radical (unpaired) electrons. The molecule has 7 heteroatoms. The molecule has 0 heterocycles. The lowest BCUT2D eigenvalue weighted by atomic mass is 9.72. The van der Waals surface area contributed by atoms with Gasteiger partial charge in [0.25, 0.3) is 0 Å². The summed E-state index contributed by atoms with van der Waals surface area (Å²) in [6.45, 7) is 26.6. The number of ether oxygens (including phenoxy) is 2. The zero-order valence-corrected chi connectivity index (χ0v) is 40.7. The second kappa shape index (κ2) is 28.3. The molecule has 0 aromatic rings. The molecule has 0 fully saturated rings. The summed E-state index contributed by atoms with van der Waals surface area (Å²) in [7, 11) is 4.25. The van der Waals surface area contributed by atoms with Crippen LogP contribution in [0, 0.1) is 10.8 Å². The molecule has 2 rings (SSSR count). The van der Waals surface area contributed by atoms with Gasteiger partial charge in [0.15, 0.2) is 0 Å². The van der Waals surface area contributed by atoms with E-state index in [0.717, 1.165) is 68.1 Å². The van der Waals surface area contributed by atoms with Crippen LogP contribution >= 0.6 is 11.8 Å². The van der Waals surface area contributed by atoms with Crippen LogP contribution < -0.4 is 0 Å². The van der Waals surface area contributed by atoms with Gasteiger partial charge >= 0.3 is 11.9 Å². The quantitative estimate of drug-likeness (QED) is 0.0393. The maximum absolute atomic E-state index is 12.3. The molecule has 0 aromatic heterocycles. The summed E-state index contributed by atoms with van der Waals surface area (Å²) < 4.78 is 10.9. The molecule has 334 valence electrons. The van der Waals surface area contributed by atoms with Crippen LogP contribution in [0.4, 0.5) is 0 Å². The largest absolute Gasteiger partial charge is 0.462 e. The van der Waals surface area contributed by atoms with Crippen molar-refractivity contribution in [2.45, 2.75) is 127 Å². The third-order valence-corrected chi connectivity index (χ3v) is 12.6. The number of rotatable bonds is 25. The second-order valence-corrected chi connectivity index (χ2v) is 19.7. The van der Waals surface area contributed by atoms with E-state index in [4.69, 9.17) is 9.47 Å². The fourth-order valence-electron chi connectivity index (χ4n) is 7.81. The van der Waals surface area contributed by atoms with Gasteiger partial charge in [-0.05, 0) is 159 Å². The van der Waals surface area contributed by atoms with E-state index in [9.17, 15) is 9.59 Å². The SMILES string of the molecule is CC1=C(/C=C/C(C)=C/C=C/C(C)=C/C(=O)OCCCN(C)CCCSCCN(C)CCCOC(=O)/C=C(C)/C=C/C=C(C)/C=C/C2=C(C)CCCC2(C)C)C(C)(C)CCC1. The van der Waals surface area contributed by atoms with Gasteiger partial charge in [-0.3, -0.25) is 0 Å². The Morgan fingerprint density at radius 1 is 0.600 bits per heavy atom. The molecule has 60 heavy (non-hydrogen) atoms. The molecule has 0 N–H and O–H groups in total. The Balaban J connectivity index is 1.51. The summed E-state index contributed by atoms with van der Waals surface area (Å²) in [6, 6.07) is 0. The van der Waals surface area contributed by atoms with Crippen LogP contribution in [0.15, 0.2) is 117 Å². The molecule has 0 amide bonds. The molecule has 2 aliphatic rings. The van der Waals surface area contributed by atoms with Gasteiger partial charge in [0.1, 0.15) is 0 Å². The minimum absolute atomic E-state index is 0.239. The number of nitrogens with zero attached hydrogens (tertiary/aromatic N) is 2. The van der Waals surface area contributed by atoms with Crippen molar-refractivity contribution >= 4 is 23.7 Å². The summed E-state index contributed by atoms with van der Waals surface area (Å²) >= 11 is 1.98. The molecular formula is C53H82N2O4S. The van der Waals surface area contributed by atoms with Gasteiger partial charge in [-0.25, -0.2) is 9.59 Å². The third kappa shape index (κ3) is 22.5. The minimum Gasteiger partial charge on any atom is -0.462 e. The monoisotopic (exact) mass is 843 g/mol. The summed E-state index contributed by atoms with van der Waals surface area (Å²) in [5.74, 6) is 1.62. The number of thioether (sulfide) groups is 1. The summed E-state index contributed by atoms with van der Waals surface area (Å²) in [6.07, 6.45) is 34.3. The van der Waals surface area contributed by atoms with Crippen molar-refractivity contribution in [1.82, 2.24) is 9.80 Å². The van der Waals surface area contributed by atoms with E-state index < -0.39 is 0 Å². The predicted molar refractivity (Wildman–Crippen MR) is 260 cm³/mol. The molecule has 2 aliphatic carbocycles. The standard InChI is InChI=1S/C53H82N2O4S/c1-42(26-28-48-46(5)24-15-30-52(48,7)8)20-13-22-44(3)40-50(56)58-36-17-32-54(11)34-19-38-60-39-35-55(12)33-18-37-59-51(57)41-45(4)23-14-21-43(2)27-29-49-47(6)25-16-31-53(49,9)10/h13-14,20-23,26-29,40-41H,15-19,24-25,30-39H2,1-12H3/b22-13+,23-14+,28-26+,29-27+,42-20+,43-21+,44-40+,45-41+. The van der Waals surface area contributed by atoms with Gasteiger partial charge < -0.3 is 19.3 Å². The second-order valence-electron chi connectivity index (χ2n) is 18.5. The number of esters is 2. The number of hydrogen-bond acceptors (Lipinski definition) is 7. The molecule has 0 aliphatic heterocycles. The zero-order chi connectivity index (χ0) is 44.6. The van der Waals surface area contributed by atoms with Crippen LogP contribution in [0.2, 0.25) is 0 Å². The molecule has 0 aromatic carbocycles. The van der Waals surface area contributed by atoms with Crippen molar-refractivity contribution in [1.29, 1.82) is 0 Å². The molecule has 0 bridgehead atoms. The van der Waals surface area contributed by atoms with E-state index in [2.05, 4.69) is 116 Å². The Labute approximate surface area is 371 Å². The van der Waals surface area contributed by atoms with Crippen molar-refractivity contribution < 1.29 is 19.1 Å². The highest BCUT2D eigenvalue weighted by Gasteiger charge is 2.27. The first kappa shape index (κ1) is 52.7. The molecule has 0 saturated heterocycles. The number of hydrogen-bond donors (Lipinski definition) is 0. The van der Waals surface area contributed by atoms with Crippen LogP contribution in [-0.2, 0) is 19.1 Å². The molecule has 6 nitrogen and oxygen atoms in total. The summed E-state index contributed by atoms with van der Waals surface area (Å²) in [4.78, 5) is 29.2. The lowest BCUT2D eigenvalue weighted by Crippen LogP contribution is -2.24. The van der Waals surface area contributed by atoms with E-state index in [0.29, 0.717) is 13.2 Å². The lowest BCUT2D eigenvalue weighted by Gasteiger charge is -2.33. The first-order valence-electron chi connectivity index (χ1n) is 22.5. The van der Waals surface area contributed by atoms with Gasteiger partial charge in [0.05, 0.1) is 13.2 Å². The highest BCUT2D eigenvalue weighted by atomic mass is 32.2. The first-order valence-corrected chi connectivity index (χ1v) is 23.7. The Morgan fingerprint density at radius 2 is 1.02 bits per heavy atom. The predicted octanol–water partition coefficient (Wildman–Crippen LogP) is 12.9. The smallest absolute Gasteiger partial charge is 0.331 e. The van der Waals surface area contributed by atoms with E-state index in [1.54, 1.807) is 12.2 Å². The van der Waals surface area contributed by atoms with Crippen molar-refractivity contribution in [2.24, 2.45) is 10.8 Å². The Kier molecular flexibility index (Phi) is 24.8. The maximum Gasteiger partial charge on any atom is 0.331 e. The van der Waals surface area contributed by atoms with Gasteiger partial charge in [0, 0.05) is 37.5 Å². The zero-order valence-electron chi connectivity index (χ0n) is 39.9. The normalized spacial score (nSPS) is 18.4. The van der Waals surface area contributed by atoms with Crippen molar-refractivity contribution in [3.05, 3.63) is 117 Å². The fraction of sp³-hybridized carbons (Fsp3) is 0.585. The average Bonchev–Trinajstić information content (AvgIpc) is 3.15. The van der Waals surface area contributed by atoms with Gasteiger partial charge in [-0.15, -0.1) is 0 Å². The van der Waals surface area contributed by atoms with Gasteiger partial charge in [0.2, 0.25) is 0 Å². The van der Waals surface area contributed by atoms with Crippen LogP contribution in [0.1, 0.15) is 127 Å². The Morgan fingerprint density at radius 3 is 1.45 bits per heavy atom. The van der Waals surface area contributed by atoms with Crippen molar-refractivity contribution in [3.8, 4) is 0 Å². The number of carbonyl (C=O) groups is 2. The van der Waals surface area contributed by atoms with Crippen molar-refractivity contribution in [3.63, 3.8) is 0 Å². The fourth-order valence-corrected chi connectivity index (χ4v) is 8.79. The molecule has 0 spiro atoms. The topological polar surface area (TPSA) is 59.1 Å². The number of carbonyl (C=O) groups excluding carboxylic acids is 2. The highest BCUT2D eigenvalue weighted by molar-refractivity contribution is 7.99. The van der Waals surface area contributed by atoms with Crippen LogP contribution in [0.3, 0.4) is 0 Å². The van der Waals surface area contributed by atoms with Gasteiger partial charge in [-0.2, -0.15) is 11.8 Å². The van der Waals surface area contributed by atoms with E-state index in [-0.39, 0.29) is 22.8 Å². The molecule has 0 saturated carbocycles. The maximum atomic E-state index is 12.3. The molecule has 0 unspecified atom stereocenters. The third-order valence-electron chi connectivity index (χ3n) is 11.5. The van der Waals surface area contributed by atoms with Crippen LogP contribution in [0.25, 0.3) is 0 Å². The van der Waals surface area contributed by atoms with Crippen LogP contribution in [-0.4, -0.2) is 86.7 Å². The Hall–Kier alpha value is -3.39. The van der Waals surface area contributed by atoms with Crippen molar-refractivity contribution in [2.75, 3.05) is 65.0 Å². The molecule has 0 atom stereocenters. The van der Waals surface area contributed by atoms with E-state index >= 15 is 0 Å². The van der Waals surface area contributed by atoms with E-state index in [1.165, 1.54) is 72.0 Å². The highest BCUT2D eigenvalue weighted by Crippen LogP contribution is 2.41. The first-order chi connectivity index (χ1) is 28.4. The summed E-state index contributed by atoms with van der Waals surface area (Å²) in [5.41, 5.74) is 10.5. The van der Waals surface area contributed by atoms with E-state index in [1.807, 2.05) is 49.9 Å². The van der Waals surface area contributed by atoms with Crippen LogP contribution in [0.5, 0.6) is 0 Å². The Bertz CT molecular complexity index is 1570. The molecular weight excluding hydrogens is 761 g/mol. The minimum atomic E-state index is -0.288. The lowest BCUT2D eigenvalue weighted by molar-refractivity contribution is -0.138. The van der Waals surface area contributed by atoms with Gasteiger partial charge in [-0.1, -0.05) is 111 Å². The average molecular weight is 843 g/mol. The number of allylic oxidation sites excluding steroid dienone is 18. The summed E-state index contributed by atoms with van der Waals surface area (Å²) in [5, 5.41) is 0.